The molecule has 0 spiro atoms. The molecule has 0 unspecified atom stereocenters. The van der Waals surface area contributed by atoms with Crippen LogP contribution in [-0.2, 0) is 14.8 Å². The molecule has 7 nitrogen and oxygen atoms in total. The molecule has 0 fully saturated rings. The summed E-state index contributed by atoms with van der Waals surface area (Å²) in [6, 6.07) is 13.8. The normalized spacial score (nSPS) is 11.7. The van der Waals surface area contributed by atoms with Crippen LogP contribution in [0.4, 0.5) is 5.69 Å². The molecule has 0 aliphatic heterocycles. The SMILES string of the molecule is Cc1ccc(-n2c(C)cc(/C=N\NC(=O)CN(c3cc(C)ccc3C)S(C)(=O)=O)c2C)c(C)c1. The molecule has 0 aliphatic rings. The van der Waals surface area contributed by atoms with Gasteiger partial charge in [0.1, 0.15) is 6.54 Å². The van der Waals surface area contributed by atoms with Crippen LogP contribution in [0.3, 0.4) is 0 Å². The molecule has 1 aromatic heterocycles. The average Bonchev–Trinajstić information content (AvgIpc) is 3.01. The van der Waals surface area contributed by atoms with E-state index in [2.05, 4.69) is 47.1 Å². The van der Waals surface area contributed by atoms with E-state index in [4.69, 9.17) is 0 Å². The quantitative estimate of drug-likeness (QED) is 0.405. The Morgan fingerprint density at radius 2 is 1.62 bits per heavy atom. The van der Waals surface area contributed by atoms with Crippen molar-refractivity contribution in [3.05, 3.63) is 81.7 Å². The summed E-state index contributed by atoms with van der Waals surface area (Å²) in [4.78, 5) is 12.6. The molecule has 0 saturated heterocycles. The van der Waals surface area contributed by atoms with Crippen molar-refractivity contribution in [1.82, 2.24) is 9.99 Å². The van der Waals surface area contributed by atoms with Gasteiger partial charge in [-0.3, -0.25) is 9.10 Å². The molecular weight excluding hydrogens is 448 g/mol. The van der Waals surface area contributed by atoms with Crippen molar-refractivity contribution >= 4 is 27.8 Å². The van der Waals surface area contributed by atoms with Crippen molar-refractivity contribution in [3.8, 4) is 5.69 Å². The number of benzene rings is 2. The predicted octanol–water partition coefficient (Wildman–Crippen LogP) is 4.24. The Morgan fingerprint density at radius 1 is 0.971 bits per heavy atom. The van der Waals surface area contributed by atoms with Gasteiger partial charge in [0.2, 0.25) is 10.0 Å². The Kier molecular flexibility index (Phi) is 7.31. The third-order valence-corrected chi connectivity index (χ3v) is 6.90. The molecule has 3 aromatic rings. The number of carbonyl (C=O) groups excluding carboxylic acids is 1. The first kappa shape index (κ1) is 25.2. The van der Waals surface area contributed by atoms with E-state index < -0.39 is 15.9 Å². The zero-order valence-electron chi connectivity index (χ0n) is 20.8. The van der Waals surface area contributed by atoms with Crippen molar-refractivity contribution in [2.24, 2.45) is 5.10 Å². The van der Waals surface area contributed by atoms with Gasteiger partial charge >= 0.3 is 0 Å². The van der Waals surface area contributed by atoms with E-state index in [1.54, 1.807) is 12.3 Å². The minimum Gasteiger partial charge on any atom is -0.318 e. The number of nitrogens with zero attached hydrogens (tertiary/aromatic N) is 3. The first-order valence-corrected chi connectivity index (χ1v) is 12.9. The highest BCUT2D eigenvalue weighted by molar-refractivity contribution is 7.92. The summed E-state index contributed by atoms with van der Waals surface area (Å²) in [5, 5.41) is 4.10. The van der Waals surface area contributed by atoms with Crippen LogP contribution in [0, 0.1) is 41.5 Å². The van der Waals surface area contributed by atoms with Gasteiger partial charge < -0.3 is 4.57 Å². The zero-order valence-corrected chi connectivity index (χ0v) is 21.6. The summed E-state index contributed by atoms with van der Waals surface area (Å²) in [5.74, 6) is -0.522. The second kappa shape index (κ2) is 9.85. The second-order valence-electron chi connectivity index (χ2n) is 8.80. The Morgan fingerprint density at radius 3 is 2.26 bits per heavy atom. The summed E-state index contributed by atoms with van der Waals surface area (Å²) >= 11 is 0. The monoisotopic (exact) mass is 480 g/mol. The van der Waals surface area contributed by atoms with Crippen LogP contribution in [0.1, 0.15) is 39.2 Å². The van der Waals surface area contributed by atoms with E-state index in [1.807, 2.05) is 45.9 Å². The molecular formula is C26H32N4O3S. The van der Waals surface area contributed by atoms with Gasteiger partial charge in [0.15, 0.2) is 0 Å². The lowest BCUT2D eigenvalue weighted by molar-refractivity contribution is -0.119. The van der Waals surface area contributed by atoms with Gasteiger partial charge in [-0.15, -0.1) is 0 Å². The van der Waals surface area contributed by atoms with Gasteiger partial charge in [-0.2, -0.15) is 5.10 Å². The van der Waals surface area contributed by atoms with Crippen molar-refractivity contribution in [3.63, 3.8) is 0 Å². The summed E-state index contributed by atoms with van der Waals surface area (Å²) in [7, 11) is -3.66. The van der Waals surface area contributed by atoms with Gasteiger partial charge in [0, 0.05) is 22.6 Å². The third-order valence-electron chi connectivity index (χ3n) is 5.78. The molecule has 180 valence electrons. The standard InChI is InChI=1S/C26H32N4O3S/c1-17-9-11-24(20(4)12-17)30-21(5)14-23(22(30)6)15-27-28-26(31)16-29(34(7,32)33)25-13-18(2)8-10-19(25)3/h8-15H,16H2,1-7H3,(H,28,31)/b27-15-. The van der Waals surface area contributed by atoms with Crippen molar-refractivity contribution in [2.75, 3.05) is 17.1 Å². The van der Waals surface area contributed by atoms with E-state index >= 15 is 0 Å². The molecule has 8 heteroatoms. The van der Waals surface area contributed by atoms with Crippen LogP contribution < -0.4 is 9.73 Å². The van der Waals surface area contributed by atoms with Gasteiger partial charge in [-0.05, 0) is 76.4 Å². The Labute approximate surface area is 202 Å². The van der Waals surface area contributed by atoms with Crippen LogP contribution in [0.2, 0.25) is 0 Å². The Hall–Kier alpha value is -3.39. The van der Waals surface area contributed by atoms with Crippen LogP contribution in [0.5, 0.6) is 0 Å². The fourth-order valence-electron chi connectivity index (χ4n) is 4.05. The number of carbonyl (C=O) groups is 1. The Bertz CT molecular complexity index is 1370. The molecule has 1 amide bonds. The van der Waals surface area contributed by atoms with Crippen LogP contribution in [0.15, 0.2) is 47.6 Å². The van der Waals surface area contributed by atoms with Crippen molar-refractivity contribution in [1.29, 1.82) is 0 Å². The van der Waals surface area contributed by atoms with Crippen LogP contribution in [0.25, 0.3) is 5.69 Å². The highest BCUT2D eigenvalue weighted by Crippen LogP contribution is 2.24. The average molecular weight is 481 g/mol. The fraction of sp³-hybridized carbons (Fsp3) is 0.308. The van der Waals surface area contributed by atoms with E-state index in [0.717, 1.165) is 44.3 Å². The topological polar surface area (TPSA) is 83.8 Å². The van der Waals surface area contributed by atoms with E-state index in [9.17, 15) is 13.2 Å². The number of nitrogens with one attached hydrogen (secondary N) is 1. The van der Waals surface area contributed by atoms with Crippen LogP contribution >= 0.6 is 0 Å². The maximum Gasteiger partial charge on any atom is 0.260 e. The number of hydrogen-bond donors (Lipinski definition) is 1. The van der Waals surface area contributed by atoms with Gasteiger partial charge in [0.05, 0.1) is 18.2 Å². The molecule has 0 bridgehead atoms. The summed E-state index contributed by atoms with van der Waals surface area (Å²) < 4.78 is 28.1. The summed E-state index contributed by atoms with van der Waals surface area (Å²) in [5.41, 5.74) is 11.0. The zero-order chi connectivity index (χ0) is 25.2. The van der Waals surface area contributed by atoms with E-state index in [-0.39, 0.29) is 6.54 Å². The minimum atomic E-state index is -3.66. The first-order valence-electron chi connectivity index (χ1n) is 11.0. The molecule has 1 N–H and O–H groups in total. The number of aryl methyl sites for hydroxylation is 5. The van der Waals surface area contributed by atoms with Gasteiger partial charge in [0.25, 0.3) is 5.91 Å². The lowest BCUT2D eigenvalue weighted by Crippen LogP contribution is -2.39. The summed E-state index contributed by atoms with van der Waals surface area (Å²) in [6.07, 6.45) is 2.68. The lowest BCUT2D eigenvalue weighted by atomic mass is 10.1. The maximum atomic E-state index is 12.6. The van der Waals surface area contributed by atoms with Crippen molar-refractivity contribution in [2.45, 2.75) is 41.5 Å². The number of hydrogen-bond acceptors (Lipinski definition) is 4. The second-order valence-corrected chi connectivity index (χ2v) is 10.7. The lowest BCUT2D eigenvalue weighted by Gasteiger charge is -2.23. The number of rotatable bonds is 7. The molecule has 0 radical (unpaired) electrons. The minimum absolute atomic E-state index is 0.359. The predicted molar refractivity (Wildman–Crippen MR) is 139 cm³/mol. The third kappa shape index (κ3) is 5.56. The number of sulfonamides is 1. The smallest absolute Gasteiger partial charge is 0.260 e. The van der Waals surface area contributed by atoms with E-state index in [0.29, 0.717) is 5.69 Å². The molecule has 3 rings (SSSR count). The van der Waals surface area contributed by atoms with E-state index in [1.165, 1.54) is 11.1 Å². The van der Waals surface area contributed by atoms with Crippen LogP contribution in [-0.4, -0.2) is 37.9 Å². The molecule has 34 heavy (non-hydrogen) atoms. The first-order chi connectivity index (χ1) is 15.9. The molecule has 0 saturated carbocycles. The Balaban J connectivity index is 1.79. The number of hydrazone groups is 1. The number of aromatic nitrogens is 1. The fourth-order valence-corrected chi connectivity index (χ4v) is 4.96. The maximum absolute atomic E-state index is 12.6. The summed E-state index contributed by atoms with van der Waals surface area (Å²) in [6.45, 7) is 11.5. The molecule has 2 aromatic carbocycles. The highest BCUT2D eigenvalue weighted by Gasteiger charge is 2.22. The van der Waals surface area contributed by atoms with Gasteiger partial charge in [-0.25, -0.2) is 13.8 Å². The molecule has 0 aliphatic carbocycles. The largest absolute Gasteiger partial charge is 0.318 e. The highest BCUT2D eigenvalue weighted by atomic mass is 32.2. The number of anilines is 1. The molecule has 0 atom stereocenters. The van der Waals surface area contributed by atoms with Gasteiger partial charge in [-0.1, -0.05) is 29.8 Å². The molecule has 1 heterocycles. The van der Waals surface area contributed by atoms with Crippen molar-refractivity contribution < 1.29 is 13.2 Å². The number of amides is 1.